The van der Waals surface area contributed by atoms with Crippen LogP contribution in [0.15, 0.2) is 46.3 Å². The summed E-state index contributed by atoms with van der Waals surface area (Å²) in [4.78, 5) is 15.0. The second-order valence-electron chi connectivity index (χ2n) is 3.25. The number of hydrogen-bond donors (Lipinski definition) is 0. The number of nitrogens with zero attached hydrogens (tertiary/aromatic N) is 2. The third-order valence-electron chi connectivity index (χ3n) is 2.05. The average Bonchev–Trinajstić information content (AvgIpc) is 2.32. The fourth-order valence-electron chi connectivity index (χ4n) is 1.26. The first kappa shape index (κ1) is 13.1. The lowest BCUT2D eigenvalue weighted by atomic mass is 10.4. The van der Waals surface area contributed by atoms with Gasteiger partial charge in [0.1, 0.15) is 5.15 Å². The van der Waals surface area contributed by atoms with E-state index in [2.05, 4.69) is 4.98 Å². The van der Waals surface area contributed by atoms with Crippen LogP contribution >= 0.6 is 35.0 Å². The smallest absolute Gasteiger partial charge is 0.258 e. The second-order valence-corrected chi connectivity index (χ2v) is 5.07. The van der Waals surface area contributed by atoms with Crippen molar-refractivity contribution in [2.45, 2.75) is 9.92 Å². The molecule has 1 aromatic heterocycles. The molecule has 0 bridgehead atoms. The minimum absolute atomic E-state index is 0.0932. The number of nitro groups is 1. The summed E-state index contributed by atoms with van der Waals surface area (Å²) in [7, 11) is 0. The van der Waals surface area contributed by atoms with Gasteiger partial charge >= 0.3 is 5.69 Å². The molecule has 0 unspecified atom stereocenters. The summed E-state index contributed by atoms with van der Waals surface area (Å²) in [6.45, 7) is 0. The van der Waals surface area contributed by atoms with E-state index in [0.717, 1.165) is 11.8 Å². The lowest BCUT2D eigenvalue weighted by molar-refractivity contribution is -0.388. The maximum Gasteiger partial charge on any atom is 0.301 e. The summed E-state index contributed by atoms with van der Waals surface area (Å²) >= 11 is 12.9. The highest BCUT2D eigenvalue weighted by molar-refractivity contribution is 7.99. The van der Waals surface area contributed by atoms with E-state index in [9.17, 15) is 10.1 Å². The number of benzene rings is 1. The van der Waals surface area contributed by atoms with Crippen molar-refractivity contribution in [1.82, 2.24) is 4.98 Å². The lowest BCUT2D eigenvalue weighted by Gasteiger charge is -2.04. The van der Waals surface area contributed by atoms with E-state index in [1.807, 2.05) is 0 Å². The highest BCUT2D eigenvalue weighted by Crippen LogP contribution is 2.37. The minimum atomic E-state index is -0.498. The predicted octanol–water partition coefficient (Wildman–Crippen LogP) is 4.45. The molecule has 18 heavy (non-hydrogen) atoms. The molecule has 0 aliphatic carbocycles. The SMILES string of the molecule is O=[N+]([O-])c1ccc(Cl)nc1Sc1ccccc1Cl. The summed E-state index contributed by atoms with van der Waals surface area (Å²) in [5.41, 5.74) is -0.0932. The minimum Gasteiger partial charge on any atom is -0.258 e. The van der Waals surface area contributed by atoms with Crippen LogP contribution in [-0.4, -0.2) is 9.91 Å². The first-order chi connectivity index (χ1) is 8.58. The van der Waals surface area contributed by atoms with Crippen LogP contribution in [0.25, 0.3) is 0 Å². The van der Waals surface area contributed by atoms with Crippen LogP contribution in [0.4, 0.5) is 5.69 Å². The first-order valence-corrected chi connectivity index (χ1v) is 6.38. The first-order valence-electron chi connectivity index (χ1n) is 4.81. The van der Waals surface area contributed by atoms with E-state index in [1.54, 1.807) is 24.3 Å². The fourth-order valence-corrected chi connectivity index (χ4v) is 2.62. The van der Waals surface area contributed by atoms with E-state index in [1.165, 1.54) is 12.1 Å². The van der Waals surface area contributed by atoms with E-state index in [0.29, 0.717) is 9.92 Å². The zero-order chi connectivity index (χ0) is 13.1. The van der Waals surface area contributed by atoms with Crippen molar-refractivity contribution in [3.63, 3.8) is 0 Å². The van der Waals surface area contributed by atoms with Gasteiger partial charge < -0.3 is 0 Å². The summed E-state index contributed by atoms with van der Waals surface area (Å²) < 4.78 is 0. The molecule has 0 radical (unpaired) electrons. The van der Waals surface area contributed by atoms with Gasteiger partial charge in [-0.15, -0.1) is 0 Å². The number of rotatable bonds is 3. The maximum absolute atomic E-state index is 10.9. The molecule has 0 amide bonds. The van der Waals surface area contributed by atoms with Crippen molar-refractivity contribution in [1.29, 1.82) is 0 Å². The monoisotopic (exact) mass is 300 g/mol. The van der Waals surface area contributed by atoms with Crippen LogP contribution in [0.5, 0.6) is 0 Å². The Morgan fingerprint density at radius 3 is 2.56 bits per heavy atom. The number of aromatic nitrogens is 1. The Morgan fingerprint density at radius 1 is 1.17 bits per heavy atom. The molecule has 1 heterocycles. The molecule has 4 nitrogen and oxygen atoms in total. The largest absolute Gasteiger partial charge is 0.301 e. The third kappa shape index (κ3) is 2.93. The molecular formula is C11H6Cl2N2O2S. The zero-order valence-electron chi connectivity index (χ0n) is 8.84. The number of hydrogen-bond acceptors (Lipinski definition) is 4. The van der Waals surface area contributed by atoms with Crippen molar-refractivity contribution in [3.05, 3.63) is 56.7 Å². The van der Waals surface area contributed by atoms with E-state index in [-0.39, 0.29) is 15.9 Å². The van der Waals surface area contributed by atoms with Crippen molar-refractivity contribution in [2.75, 3.05) is 0 Å². The highest BCUT2D eigenvalue weighted by atomic mass is 35.5. The van der Waals surface area contributed by atoms with E-state index >= 15 is 0 Å². The third-order valence-corrected chi connectivity index (χ3v) is 3.77. The van der Waals surface area contributed by atoms with Crippen molar-refractivity contribution < 1.29 is 4.92 Å². The van der Waals surface area contributed by atoms with Gasteiger partial charge in [0.2, 0.25) is 0 Å². The summed E-state index contributed by atoms with van der Waals surface area (Å²) in [5.74, 6) is 0. The average molecular weight is 301 g/mol. The molecule has 2 aromatic rings. The van der Waals surface area contributed by atoms with E-state index < -0.39 is 4.92 Å². The van der Waals surface area contributed by atoms with Crippen LogP contribution < -0.4 is 0 Å². The van der Waals surface area contributed by atoms with Crippen LogP contribution in [0, 0.1) is 10.1 Å². The molecular weight excluding hydrogens is 295 g/mol. The van der Waals surface area contributed by atoms with Gasteiger partial charge in [-0.05, 0) is 18.2 Å². The van der Waals surface area contributed by atoms with Gasteiger partial charge in [-0.2, -0.15) is 0 Å². The molecule has 92 valence electrons. The summed E-state index contributed by atoms with van der Waals surface area (Å²) in [6, 6.07) is 9.77. The highest BCUT2D eigenvalue weighted by Gasteiger charge is 2.17. The molecule has 0 saturated carbocycles. The van der Waals surface area contributed by atoms with Gasteiger partial charge in [-0.3, -0.25) is 10.1 Å². The quantitative estimate of drug-likeness (QED) is 0.477. The Morgan fingerprint density at radius 2 is 1.89 bits per heavy atom. The molecule has 0 aliphatic heterocycles. The van der Waals surface area contributed by atoms with Crippen molar-refractivity contribution in [3.8, 4) is 0 Å². The Labute approximate surface area is 117 Å². The Kier molecular flexibility index (Phi) is 4.06. The van der Waals surface area contributed by atoms with Gasteiger partial charge in [-0.25, -0.2) is 4.98 Å². The molecule has 0 aliphatic rings. The van der Waals surface area contributed by atoms with Crippen molar-refractivity contribution in [2.24, 2.45) is 0 Å². The second kappa shape index (κ2) is 5.56. The summed E-state index contributed by atoms with van der Waals surface area (Å²) in [5, 5.41) is 11.8. The van der Waals surface area contributed by atoms with Gasteiger partial charge in [0.05, 0.1) is 9.95 Å². The van der Waals surface area contributed by atoms with Gasteiger partial charge in [0.25, 0.3) is 0 Å². The van der Waals surface area contributed by atoms with Crippen LogP contribution in [0.3, 0.4) is 0 Å². The van der Waals surface area contributed by atoms with E-state index in [4.69, 9.17) is 23.2 Å². The Hall–Kier alpha value is -1.30. The topological polar surface area (TPSA) is 56.0 Å². The molecule has 2 rings (SSSR count). The summed E-state index contributed by atoms with van der Waals surface area (Å²) in [6.07, 6.45) is 0. The predicted molar refractivity (Wildman–Crippen MR) is 71.5 cm³/mol. The molecule has 0 spiro atoms. The molecule has 0 saturated heterocycles. The molecule has 7 heteroatoms. The molecule has 0 N–H and O–H groups in total. The molecule has 1 aromatic carbocycles. The number of pyridine rings is 1. The lowest BCUT2D eigenvalue weighted by Crippen LogP contribution is -1.93. The van der Waals surface area contributed by atoms with Crippen molar-refractivity contribution >= 4 is 40.7 Å². The molecule has 0 fully saturated rings. The molecule has 0 atom stereocenters. The van der Waals surface area contributed by atoms with Crippen LogP contribution in [-0.2, 0) is 0 Å². The maximum atomic E-state index is 10.9. The zero-order valence-corrected chi connectivity index (χ0v) is 11.2. The van der Waals surface area contributed by atoms with Gasteiger partial charge in [-0.1, -0.05) is 47.1 Å². The Balaban J connectivity index is 2.42. The van der Waals surface area contributed by atoms with Gasteiger partial charge in [0.15, 0.2) is 5.03 Å². The fraction of sp³-hybridized carbons (Fsp3) is 0. The Bertz CT molecular complexity index is 607. The standard InChI is InChI=1S/C11H6Cl2N2O2S/c12-7-3-1-2-4-9(7)18-11-8(15(16)17)5-6-10(13)14-11/h1-6H. The number of halogens is 2. The van der Waals surface area contributed by atoms with Crippen LogP contribution in [0.2, 0.25) is 10.2 Å². The van der Waals surface area contributed by atoms with Crippen LogP contribution in [0.1, 0.15) is 0 Å². The normalized spacial score (nSPS) is 10.3. The van der Waals surface area contributed by atoms with Gasteiger partial charge in [0, 0.05) is 11.0 Å².